The Morgan fingerprint density at radius 2 is 2.12 bits per heavy atom. The van der Waals surface area contributed by atoms with Crippen LogP contribution < -0.4 is 4.74 Å². The lowest BCUT2D eigenvalue weighted by Crippen LogP contribution is -2.26. The fourth-order valence-electron chi connectivity index (χ4n) is 4.98. The number of fused-ring (bicyclic) bond motifs is 3. The molecule has 0 amide bonds. The summed E-state index contributed by atoms with van der Waals surface area (Å²) in [4.78, 5) is 21.5. The second-order valence-corrected chi connectivity index (χ2v) is 9.03. The second kappa shape index (κ2) is 7.62. The van der Waals surface area contributed by atoms with Gasteiger partial charge in [-0.05, 0) is 45.2 Å². The van der Waals surface area contributed by atoms with E-state index in [0.29, 0.717) is 24.5 Å². The van der Waals surface area contributed by atoms with Gasteiger partial charge in [0.2, 0.25) is 0 Å². The average Bonchev–Trinajstić information content (AvgIpc) is 3.45. The molecule has 0 radical (unpaired) electrons. The van der Waals surface area contributed by atoms with Crippen molar-refractivity contribution in [3.05, 3.63) is 59.3 Å². The Hall–Kier alpha value is -2.87. The maximum Gasteiger partial charge on any atom is 0.280 e. The number of ether oxygens (including phenoxy) is 2. The molecule has 0 N–H and O–H groups in total. The van der Waals surface area contributed by atoms with Gasteiger partial charge in [-0.15, -0.1) is 0 Å². The minimum absolute atomic E-state index is 0.00912. The van der Waals surface area contributed by atoms with E-state index in [9.17, 15) is 13.6 Å². The number of nitrogens with zero attached hydrogens (tertiary/aromatic N) is 3. The Kier molecular flexibility index (Phi) is 5.00. The summed E-state index contributed by atoms with van der Waals surface area (Å²) in [5.41, 5.74) is 1.88. The van der Waals surface area contributed by atoms with Crippen molar-refractivity contribution >= 4 is 11.4 Å². The van der Waals surface area contributed by atoms with Crippen molar-refractivity contribution < 1.29 is 23.0 Å². The quantitative estimate of drug-likeness (QED) is 0.497. The van der Waals surface area contributed by atoms with E-state index < -0.39 is 12.1 Å². The summed E-state index contributed by atoms with van der Waals surface area (Å²) in [6, 6.07) is 5.93. The number of Topliss-reactive ketones (excluding diaryl/α,β-unsaturated/α-hetero) is 1. The molecular weight excluding hydrogens is 416 g/mol. The number of aromatic nitrogens is 3. The van der Waals surface area contributed by atoms with E-state index in [1.54, 1.807) is 0 Å². The molecule has 2 fully saturated rings. The summed E-state index contributed by atoms with van der Waals surface area (Å²) in [6.45, 7) is 5.13. The summed E-state index contributed by atoms with van der Waals surface area (Å²) in [5, 5.41) is 0. The first-order valence-electron chi connectivity index (χ1n) is 10.9. The van der Waals surface area contributed by atoms with Crippen LogP contribution in [0.1, 0.15) is 67.0 Å². The van der Waals surface area contributed by atoms with E-state index in [4.69, 9.17) is 14.5 Å². The zero-order valence-corrected chi connectivity index (χ0v) is 18.1. The maximum atomic E-state index is 13.0. The zero-order chi connectivity index (χ0) is 22.5. The van der Waals surface area contributed by atoms with Gasteiger partial charge in [0.15, 0.2) is 5.78 Å². The largest absolute Gasteiger partial charge is 0.493 e. The van der Waals surface area contributed by atoms with Crippen LogP contribution in [-0.2, 0) is 16.6 Å². The molecule has 2 unspecified atom stereocenters. The smallest absolute Gasteiger partial charge is 0.280 e. The molecule has 3 aromatic rings. The molecule has 1 aliphatic carbocycles. The Balaban J connectivity index is 1.48. The number of hydrogen-bond donors (Lipinski definition) is 0. The molecule has 32 heavy (non-hydrogen) atoms. The van der Waals surface area contributed by atoms with Gasteiger partial charge in [-0.2, -0.15) is 0 Å². The molecule has 0 spiro atoms. The lowest BCUT2D eigenvalue weighted by atomic mass is 9.84. The van der Waals surface area contributed by atoms with Gasteiger partial charge in [-0.1, -0.05) is 6.07 Å². The Bertz CT molecular complexity index is 1180. The number of halogens is 2. The molecular formula is C24H25F2N3O3. The summed E-state index contributed by atoms with van der Waals surface area (Å²) in [5.74, 6) is 0.217. The van der Waals surface area contributed by atoms with Crippen molar-refractivity contribution in [2.24, 2.45) is 0 Å². The Morgan fingerprint density at radius 1 is 1.28 bits per heavy atom. The predicted molar refractivity (Wildman–Crippen MR) is 113 cm³/mol. The van der Waals surface area contributed by atoms with Crippen molar-refractivity contribution in [2.75, 3.05) is 13.2 Å². The van der Waals surface area contributed by atoms with Gasteiger partial charge in [0.05, 0.1) is 24.5 Å². The zero-order valence-electron chi connectivity index (χ0n) is 18.1. The van der Waals surface area contributed by atoms with Gasteiger partial charge in [0.25, 0.3) is 6.43 Å². The van der Waals surface area contributed by atoms with Gasteiger partial charge < -0.3 is 13.9 Å². The first kappa shape index (κ1) is 21.0. The number of hydrogen-bond acceptors (Lipinski definition) is 5. The Morgan fingerprint density at radius 3 is 2.78 bits per heavy atom. The number of alkyl halides is 2. The topological polar surface area (TPSA) is 65.7 Å². The summed E-state index contributed by atoms with van der Waals surface area (Å²) >= 11 is 0. The first-order valence-corrected chi connectivity index (χ1v) is 10.9. The molecule has 2 atom stereocenters. The van der Waals surface area contributed by atoms with E-state index in [1.165, 1.54) is 18.2 Å². The number of ketones is 1. The van der Waals surface area contributed by atoms with Crippen molar-refractivity contribution in [3.63, 3.8) is 0 Å². The molecule has 1 aliphatic heterocycles. The van der Waals surface area contributed by atoms with Crippen LogP contribution in [0.25, 0.3) is 5.65 Å². The number of imidazole rings is 1. The molecule has 2 bridgehead atoms. The first-order chi connectivity index (χ1) is 15.3. The standard InChI is InChI=1S/C24H25F2N3O3/c1-3-31-19-10-21-28-20(24-8-7-23(2,13-24)32-14-24)12-29(21)11-15(19)9-18(30)16-5-4-6-17(27-16)22(25)26/h4-6,10-12,22H,3,7-9,13-14H2,1-2H3. The fraction of sp³-hybridized carbons (Fsp3) is 0.458. The number of carbonyl (C=O) groups is 1. The molecule has 6 nitrogen and oxygen atoms in total. The molecule has 4 heterocycles. The highest BCUT2D eigenvalue weighted by atomic mass is 19.3. The highest BCUT2D eigenvalue weighted by molar-refractivity contribution is 5.96. The third kappa shape index (κ3) is 3.56. The summed E-state index contributed by atoms with van der Waals surface area (Å²) in [7, 11) is 0. The molecule has 5 rings (SSSR count). The molecule has 0 aromatic carbocycles. The number of pyridine rings is 2. The van der Waals surface area contributed by atoms with Crippen LogP contribution in [0.3, 0.4) is 0 Å². The van der Waals surface area contributed by atoms with Crippen LogP contribution in [0.15, 0.2) is 36.7 Å². The van der Waals surface area contributed by atoms with E-state index in [1.807, 2.05) is 29.8 Å². The number of carbonyl (C=O) groups excluding carboxylic acids is 1. The van der Waals surface area contributed by atoms with Crippen LogP contribution >= 0.6 is 0 Å². The van der Waals surface area contributed by atoms with Gasteiger partial charge in [0, 0.05) is 35.9 Å². The molecule has 2 aliphatic rings. The van der Waals surface area contributed by atoms with Crippen LogP contribution in [0, 0.1) is 0 Å². The van der Waals surface area contributed by atoms with Crippen LogP contribution in [0.2, 0.25) is 0 Å². The lowest BCUT2D eigenvalue weighted by molar-refractivity contribution is -0.00627. The minimum atomic E-state index is -2.72. The van der Waals surface area contributed by atoms with Crippen LogP contribution in [0.5, 0.6) is 5.75 Å². The Labute approximate surface area is 184 Å². The summed E-state index contributed by atoms with van der Waals surface area (Å²) in [6.07, 6.45) is 4.14. The van der Waals surface area contributed by atoms with Gasteiger partial charge in [0.1, 0.15) is 22.8 Å². The van der Waals surface area contributed by atoms with Crippen molar-refractivity contribution in [1.82, 2.24) is 14.4 Å². The van der Waals surface area contributed by atoms with Gasteiger partial charge >= 0.3 is 0 Å². The minimum Gasteiger partial charge on any atom is -0.493 e. The predicted octanol–water partition coefficient (Wildman–Crippen LogP) is 4.70. The highest BCUT2D eigenvalue weighted by Crippen LogP contribution is 2.53. The monoisotopic (exact) mass is 441 g/mol. The highest BCUT2D eigenvalue weighted by Gasteiger charge is 2.55. The lowest BCUT2D eigenvalue weighted by Gasteiger charge is -2.24. The van der Waals surface area contributed by atoms with E-state index in [0.717, 1.165) is 30.6 Å². The van der Waals surface area contributed by atoms with Crippen molar-refractivity contribution in [1.29, 1.82) is 0 Å². The van der Waals surface area contributed by atoms with E-state index >= 15 is 0 Å². The van der Waals surface area contributed by atoms with Crippen molar-refractivity contribution in [3.8, 4) is 5.75 Å². The van der Waals surface area contributed by atoms with Crippen molar-refractivity contribution in [2.45, 2.75) is 57.0 Å². The second-order valence-electron chi connectivity index (χ2n) is 9.03. The molecule has 8 heteroatoms. The fourth-order valence-corrected chi connectivity index (χ4v) is 4.98. The number of rotatable bonds is 7. The SMILES string of the molecule is CCOc1cc2nc(C34CCC(C)(C3)OC4)cn2cc1CC(=O)c1cccc(C(F)F)n1. The third-order valence-corrected chi connectivity index (χ3v) is 6.65. The van der Waals surface area contributed by atoms with Gasteiger partial charge in [-0.3, -0.25) is 4.79 Å². The normalized spacial score (nSPS) is 24.5. The molecule has 1 saturated heterocycles. The van der Waals surface area contributed by atoms with E-state index in [2.05, 4.69) is 11.9 Å². The third-order valence-electron chi connectivity index (χ3n) is 6.65. The average molecular weight is 441 g/mol. The molecule has 168 valence electrons. The van der Waals surface area contributed by atoms with E-state index in [-0.39, 0.29) is 28.9 Å². The van der Waals surface area contributed by atoms with Crippen LogP contribution in [0.4, 0.5) is 8.78 Å². The maximum absolute atomic E-state index is 13.0. The summed E-state index contributed by atoms with van der Waals surface area (Å²) < 4.78 is 39.7. The van der Waals surface area contributed by atoms with Crippen LogP contribution in [-0.4, -0.2) is 39.0 Å². The molecule has 1 saturated carbocycles. The van der Waals surface area contributed by atoms with Gasteiger partial charge in [-0.25, -0.2) is 18.7 Å². The molecule has 3 aromatic heterocycles.